The summed E-state index contributed by atoms with van der Waals surface area (Å²) in [5.41, 5.74) is 3.63. The van der Waals surface area contributed by atoms with Gasteiger partial charge >= 0.3 is 5.97 Å². The molecule has 3 rings (SSSR count). The summed E-state index contributed by atoms with van der Waals surface area (Å²) < 4.78 is 5.23. The minimum atomic E-state index is -0.514. The predicted octanol–water partition coefficient (Wildman–Crippen LogP) is 4.61. The van der Waals surface area contributed by atoms with Crippen LogP contribution < -0.4 is 0 Å². The van der Waals surface area contributed by atoms with Crippen molar-refractivity contribution in [1.82, 2.24) is 15.0 Å². The number of aromatic nitrogens is 3. The lowest BCUT2D eigenvalue weighted by molar-refractivity contribution is -0.139. The smallest absolute Gasteiger partial charge is 0.330 e. The van der Waals surface area contributed by atoms with Crippen molar-refractivity contribution in [1.29, 1.82) is 0 Å². The second kappa shape index (κ2) is 7.28. The number of hydrogen-bond acceptors (Lipinski definition) is 5. The van der Waals surface area contributed by atoms with Crippen LogP contribution in [0.1, 0.15) is 37.5 Å². The average molecular weight is 400 g/mol. The van der Waals surface area contributed by atoms with E-state index in [1.54, 1.807) is 24.3 Å². The van der Waals surface area contributed by atoms with Crippen LogP contribution in [0.2, 0.25) is 5.02 Å². The number of hydrogen-bond donors (Lipinski definition) is 1. The zero-order valence-electron chi connectivity index (χ0n) is 16.3. The van der Waals surface area contributed by atoms with Gasteiger partial charge in [-0.05, 0) is 47.7 Å². The Morgan fingerprint density at radius 3 is 2.61 bits per heavy atom. The standard InChI is InChI=1S/C21H22ClN3O3/c1-6-18(26)28-11-14-12(2)9-17(20(27)19(14)21(3,4)5)25-23-15-8-7-13(22)10-16(15)24-25/h6-10,27H,1,11H2,2-5H3. The first-order valence-corrected chi connectivity index (χ1v) is 9.17. The van der Waals surface area contributed by atoms with Gasteiger partial charge in [0.05, 0.1) is 0 Å². The number of benzene rings is 2. The number of carbonyl (C=O) groups is 1. The van der Waals surface area contributed by atoms with Crippen molar-refractivity contribution in [2.45, 2.75) is 39.7 Å². The topological polar surface area (TPSA) is 77.2 Å². The van der Waals surface area contributed by atoms with Crippen LogP contribution in [0.25, 0.3) is 16.7 Å². The van der Waals surface area contributed by atoms with E-state index in [-0.39, 0.29) is 12.4 Å². The molecule has 3 aromatic rings. The summed E-state index contributed by atoms with van der Waals surface area (Å²) in [6.45, 7) is 11.3. The van der Waals surface area contributed by atoms with E-state index in [1.807, 2.05) is 27.7 Å². The lowest BCUT2D eigenvalue weighted by atomic mass is 9.81. The number of carbonyl (C=O) groups excluding carboxylic acids is 1. The van der Waals surface area contributed by atoms with Crippen molar-refractivity contribution >= 4 is 28.6 Å². The van der Waals surface area contributed by atoms with Gasteiger partial charge in [-0.1, -0.05) is 39.0 Å². The summed E-state index contributed by atoms with van der Waals surface area (Å²) in [5.74, 6) is -0.464. The first kappa shape index (κ1) is 19.9. The fourth-order valence-electron chi connectivity index (χ4n) is 3.17. The molecular weight excluding hydrogens is 378 g/mol. The summed E-state index contributed by atoms with van der Waals surface area (Å²) >= 11 is 6.03. The Morgan fingerprint density at radius 2 is 1.96 bits per heavy atom. The van der Waals surface area contributed by atoms with Gasteiger partial charge in [0.25, 0.3) is 0 Å². The molecule has 0 bridgehead atoms. The number of phenolic OH excluding ortho intramolecular Hbond substituents is 1. The van der Waals surface area contributed by atoms with Gasteiger partial charge in [0.15, 0.2) is 0 Å². The number of nitrogens with zero attached hydrogens (tertiary/aromatic N) is 3. The third-order valence-electron chi connectivity index (χ3n) is 4.44. The second-order valence-electron chi connectivity index (χ2n) is 7.60. The number of rotatable bonds is 4. The van der Waals surface area contributed by atoms with E-state index < -0.39 is 11.4 Å². The Hall–Kier alpha value is -2.86. The molecule has 7 heteroatoms. The average Bonchev–Trinajstić information content (AvgIpc) is 3.03. The highest BCUT2D eigenvalue weighted by Gasteiger charge is 2.27. The van der Waals surface area contributed by atoms with Gasteiger partial charge in [0, 0.05) is 16.7 Å². The van der Waals surface area contributed by atoms with Gasteiger partial charge in [0.2, 0.25) is 0 Å². The quantitative estimate of drug-likeness (QED) is 0.511. The fourth-order valence-corrected chi connectivity index (χ4v) is 3.34. The number of ether oxygens (including phenoxy) is 1. The van der Waals surface area contributed by atoms with Crippen molar-refractivity contribution < 1.29 is 14.6 Å². The largest absolute Gasteiger partial charge is 0.505 e. The van der Waals surface area contributed by atoms with Crippen LogP contribution in [0.3, 0.4) is 0 Å². The third-order valence-corrected chi connectivity index (χ3v) is 4.68. The first-order valence-electron chi connectivity index (χ1n) is 8.80. The van der Waals surface area contributed by atoms with Gasteiger partial charge in [0.1, 0.15) is 29.1 Å². The molecule has 1 aromatic heterocycles. The Morgan fingerprint density at radius 1 is 1.29 bits per heavy atom. The predicted molar refractivity (Wildman–Crippen MR) is 109 cm³/mol. The molecule has 0 saturated heterocycles. The molecule has 1 heterocycles. The normalized spacial score (nSPS) is 11.6. The van der Waals surface area contributed by atoms with Crippen molar-refractivity contribution in [3.8, 4) is 11.4 Å². The van der Waals surface area contributed by atoms with E-state index >= 15 is 0 Å². The molecule has 28 heavy (non-hydrogen) atoms. The lowest BCUT2D eigenvalue weighted by Crippen LogP contribution is -2.18. The van der Waals surface area contributed by atoms with E-state index in [0.29, 0.717) is 27.3 Å². The van der Waals surface area contributed by atoms with Crippen LogP contribution in [0.15, 0.2) is 36.9 Å². The minimum Gasteiger partial charge on any atom is -0.505 e. The van der Waals surface area contributed by atoms with Gasteiger partial charge in [-0.15, -0.1) is 15.0 Å². The molecule has 0 aliphatic carbocycles. The molecule has 0 atom stereocenters. The molecule has 0 fully saturated rings. The van der Waals surface area contributed by atoms with E-state index in [4.69, 9.17) is 16.3 Å². The maximum atomic E-state index is 11.5. The summed E-state index contributed by atoms with van der Waals surface area (Å²) in [6.07, 6.45) is 1.12. The molecule has 0 amide bonds. The van der Waals surface area contributed by atoms with Crippen LogP contribution in [0, 0.1) is 6.92 Å². The van der Waals surface area contributed by atoms with Crippen molar-refractivity contribution in [2.24, 2.45) is 0 Å². The molecule has 0 unspecified atom stereocenters. The zero-order chi connectivity index (χ0) is 20.6. The fraction of sp³-hybridized carbons (Fsp3) is 0.286. The Labute approximate surface area is 168 Å². The van der Waals surface area contributed by atoms with Crippen LogP contribution in [-0.2, 0) is 21.6 Å². The number of aryl methyl sites for hydroxylation is 1. The molecular formula is C21H22ClN3O3. The summed E-state index contributed by atoms with van der Waals surface area (Å²) in [7, 11) is 0. The van der Waals surface area contributed by atoms with E-state index in [0.717, 1.165) is 17.2 Å². The van der Waals surface area contributed by atoms with Crippen molar-refractivity contribution in [3.05, 3.63) is 58.6 Å². The van der Waals surface area contributed by atoms with Crippen LogP contribution in [0.4, 0.5) is 0 Å². The molecule has 146 valence electrons. The summed E-state index contributed by atoms with van der Waals surface area (Å²) in [4.78, 5) is 12.9. The molecule has 0 saturated carbocycles. The summed E-state index contributed by atoms with van der Waals surface area (Å²) in [5, 5.41) is 20.6. The Kier molecular flexibility index (Phi) is 5.17. The third kappa shape index (κ3) is 3.73. The van der Waals surface area contributed by atoms with Gasteiger partial charge in [-0.3, -0.25) is 0 Å². The highest BCUT2D eigenvalue weighted by atomic mass is 35.5. The van der Waals surface area contributed by atoms with E-state index in [1.165, 1.54) is 4.80 Å². The van der Waals surface area contributed by atoms with Crippen LogP contribution in [0.5, 0.6) is 5.75 Å². The molecule has 6 nitrogen and oxygen atoms in total. The Balaban J connectivity index is 2.18. The van der Waals surface area contributed by atoms with Gasteiger partial charge in [-0.25, -0.2) is 4.79 Å². The first-order chi connectivity index (χ1) is 13.1. The monoisotopic (exact) mass is 399 g/mol. The number of fused-ring (bicyclic) bond motifs is 1. The number of aromatic hydroxyl groups is 1. The van der Waals surface area contributed by atoms with Crippen LogP contribution >= 0.6 is 11.6 Å². The Bertz CT molecular complexity index is 1080. The van der Waals surface area contributed by atoms with Gasteiger partial charge < -0.3 is 9.84 Å². The molecule has 0 aliphatic heterocycles. The maximum absolute atomic E-state index is 11.5. The summed E-state index contributed by atoms with van der Waals surface area (Å²) in [6, 6.07) is 7.02. The van der Waals surface area contributed by atoms with Crippen molar-refractivity contribution in [2.75, 3.05) is 0 Å². The van der Waals surface area contributed by atoms with Gasteiger partial charge in [-0.2, -0.15) is 0 Å². The SMILES string of the molecule is C=CC(=O)OCc1c(C)cc(-n2nc3ccc(Cl)cc3n2)c(O)c1C(C)(C)C. The van der Waals surface area contributed by atoms with E-state index in [2.05, 4.69) is 16.8 Å². The second-order valence-corrected chi connectivity index (χ2v) is 8.04. The minimum absolute atomic E-state index is 0.0429. The molecule has 2 aromatic carbocycles. The number of halogens is 1. The maximum Gasteiger partial charge on any atom is 0.330 e. The molecule has 0 radical (unpaired) electrons. The molecule has 0 spiro atoms. The number of esters is 1. The lowest BCUT2D eigenvalue weighted by Gasteiger charge is -2.26. The molecule has 0 aliphatic rings. The highest BCUT2D eigenvalue weighted by molar-refractivity contribution is 6.31. The number of phenols is 1. The molecule has 1 N–H and O–H groups in total. The zero-order valence-corrected chi connectivity index (χ0v) is 17.0. The van der Waals surface area contributed by atoms with Crippen LogP contribution in [-0.4, -0.2) is 26.1 Å². The van der Waals surface area contributed by atoms with Crippen molar-refractivity contribution in [3.63, 3.8) is 0 Å². The highest BCUT2D eigenvalue weighted by Crippen LogP contribution is 2.40. The van der Waals surface area contributed by atoms with E-state index in [9.17, 15) is 9.90 Å².